The highest BCUT2D eigenvalue weighted by atomic mass is 16.6. The smallest absolute Gasteiger partial charge is 0.410 e. The number of H-pyrrole nitrogens is 1. The van der Waals surface area contributed by atoms with Crippen LogP contribution in [-0.2, 0) is 51.3 Å². The van der Waals surface area contributed by atoms with Crippen LogP contribution in [0, 0.1) is 23.7 Å². The summed E-state index contributed by atoms with van der Waals surface area (Å²) in [5, 5.41) is 14.9. The average molecular weight is 1050 g/mol. The largest absolute Gasteiger partial charge is 0.445 e. The molecule has 75 heavy (non-hydrogen) atoms. The maximum atomic E-state index is 14.4. The molecule has 2 aromatic carbocycles. The van der Waals surface area contributed by atoms with E-state index in [1.807, 2.05) is 52.0 Å². The summed E-state index contributed by atoms with van der Waals surface area (Å²) in [5.74, 6) is -3.54. The highest BCUT2D eigenvalue weighted by molar-refractivity contribution is 5.98. The van der Waals surface area contributed by atoms with E-state index in [0.29, 0.717) is 37.1 Å². The molecule has 21 nitrogen and oxygen atoms in total. The van der Waals surface area contributed by atoms with Gasteiger partial charge in [0, 0.05) is 63.0 Å². The standard InChI is InChI=1S/C54H85N11O10/c1-11-34(6)47(43(74-10)29-44(66)58-26-16-12-13-18-35(7)48(56)67)64(8)52(71)45(32(2)3)63-51(70)46(33(4)5)65(9)54(73)75-31-36-22-24-38(25-23-36)61-50(69)42(21-17-27-59-53(57)72)62-49(68)40(55)28-37-30-60-41-20-15-14-19-39(37)41/h14-15,19-20,22-25,30,32-35,40,42-43,45-47,60H,11-13,16-18,21,26-29,31,55H2,1-10H3,(H2,56,67)(H,58,66)(H,61,69)(H,62,68)(H,63,70)(H3,57,59,72)/t34-,35+,40-,42-,43+,45-,46-,47-/m0/s1. The van der Waals surface area contributed by atoms with Crippen LogP contribution in [0.3, 0.4) is 0 Å². The van der Waals surface area contributed by atoms with E-state index in [-0.39, 0.29) is 67.9 Å². The number of fused-ring (bicyclic) bond motifs is 1. The minimum absolute atomic E-state index is 0.00935. The van der Waals surface area contributed by atoms with Crippen LogP contribution < -0.4 is 43.8 Å². The van der Waals surface area contributed by atoms with Crippen molar-refractivity contribution < 1.29 is 47.8 Å². The van der Waals surface area contributed by atoms with Gasteiger partial charge in [-0.25, -0.2) is 9.59 Å². The first kappa shape index (κ1) is 62.6. The van der Waals surface area contributed by atoms with Crippen molar-refractivity contribution in [2.45, 2.75) is 149 Å². The quantitative estimate of drug-likeness (QED) is 0.0394. The minimum atomic E-state index is -1.02. The Bertz CT molecular complexity index is 2340. The van der Waals surface area contributed by atoms with Crippen molar-refractivity contribution in [1.82, 2.24) is 36.1 Å². The summed E-state index contributed by atoms with van der Waals surface area (Å²) in [6.45, 7) is 13.4. The molecule has 0 saturated carbocycles. The third-order valence-corrected chi connectivity index (χ3v) is 13.7. The van der Waals surface area contributed by atoms with Crippen molar-refractivity contribution in [2.24, 2.45) is 40.9 Å². The number of nitrogens with zero attached hydrogens (tertiary/aromatic N) is 2. The normalized spacial score (nSPS) is 14.6. The van der Waals surface area contributed by atoms with Crippen molar-refractivity contribution in [3.05, 3.63) is 65.9 Å². The van der Waals surface area contributed by atoms with Crippen LogP contribution >= 0.6 is 0 Å². The molecule has 0 aliphatic carbocycles. The molecule has 0 saturated heterocycles. The van der Waals surface area contributed by atoms with E-state index < -0.39 is 72.1 Å². The number of amides is 9. The van der Waals surface area contributed by atoms with E-state index in [1.165, 1.54) is 19.1 Å². The number of rotatable bonds is 32. The Hall–Kier alpha value is -6.74. The van der Waals surface area contributed by atoms with Crippen molar-refractivity contribution >= 4 is 64.2 Å². The van der Waals surface area contributed by atoms with Gasteiger partial charge in [0.25, 0.3) is 0 Å². The molecule has 416 valence electrons. The summed E-state index contributed by atoms with van der Waals surface area (Å²) in [6.07, 6.45) is 4.85. The summed E-state index contributed by atoms with van der Waals surface area (Å²) in [4.78, 5) is 111. The van der Waals surface area contributed by atoms with Crippen molar-refractivity contribution in [3.8, 4) is 0 Å². The zero-order valence-corrected chi connectivity index (χ0v) is 45.7. The molecule has 0 aliphatic rings. The Labute approximate surface area is 442 Å². The minimum Gasteiger partial charge on any atom is -0.445 e. The molecule has 0 spiro atoms. The van der Waals surface area contributed by atoms with E-state index in [1.54, 1.807) is 63.2 Å². The lowest BCUT2D eigenvalue weighted by atomic mass is 9.89. The molecule has 1 heterocycles. The van der Waals surface area contributed by atoms with Gasteiger partial charge in [-0.15, -0.1) is 0 Å². The van der Waals surface area contributed by atoms with Gasteiger partial charge in [0.15, 0.2) is 0 Å². The topological polar surface area (TPSA) is 315 Å². The lowest BCUT2D eigenvalue weighted by Gasteiger charge is -2.40. The number of carbonyl (C=O) groups excluding carboxylic acids is 8. The van der Waals surface area contributed by atoms with Gasteiger partial charge in [-0.2, -0.15) is 0 Å². The summed E-state index contributed by atoms with van der Waals surface area (Å²) in [6, 6.07) is 8.97. The molecular weight excluding hydrogens is 963 g/mol. The van der Waals surface area contributed by atoms with Crippen LogP contribution in [0.1, 0.15) is 111 Å². The number of aromatic amines is 1. The zero-order chi connectivity index (χ0) is 55.9. The Balaban J connectivity index is 1.63. The number of ether oxygens (including phenoxy) is 2. The number of aromatic nitrogens is 1. The lowest BCUT2D eigenvalue weighted by molar-refractivity contribution is -0.144. The predicted octanol–water partition coefficient (Wildman–Crippen LogP) is 4.42. The molecule has 3 rings (SSSR count). The third-order valence-electron chi connectivity index (χ3n) is 13.7. The monoisotopic (exact) mass is 1050 g/mol. The van der Waals surface area contributed by atoms with E-state index in [2.05, 4.69) is 31.6 Å². The fraction of sp³-hybridized carbons (Fsp3) is 0.593. The third kappa shape index (κ3) is 19.8. The Morgan fingerprint density at radius 2 is 1.41 bits per heavy atom. The van der Waals surface area contributed by atoms with Crippen LogP contribution in [0.25, 0.3) is 10.9 Å². The number of benzene rings is 2. The molecule has 12 N–H and O–H groups in total. The van der Waals surface area contributed by atoms with Crippen molar-refractivity contribution in [3.63, 3.8) is 0 Å². The van der Waals surface area contributed by atoms with Gasteiger partial charge >= 0.3 is 12.1 Å². The number of unbranched alkanes of at least 4 members (excludes halogenated alkanes) is 2. The SMILES string of the molecule is CC[C@H](C)[C@@H]([C@@H](CC(=O)NCCCCC[C@@H](C)C(N)=O)OC)N(C)C(=O)[C@@H](NC(=O)[C@H](C(C)C)N(C)C(=O)OCc1ccc(NC(=O)[C@H](CCCNC(N)=O)NC(=O)[C@@H](N)Cc2c[nH]c3ccccc23)cc1)C(C)C. The number of carbonyl (C=O) groups is 8. The zero-order valence-electron chi connectivity index (χ0n) is 45.7. The predicted molar refractivity (Wildman–Crippen MR) is 288 cm³/mol. The molecule has 0 aliphatic heterocycles. The van der Waals surface area contributed by atoms with Gasteiger partial charge in [-0.3, -0.25) is 33.7 Å². The highest BCUT2D eigenvalue weighted by Gasteiger charge is 2.40. The molecule has 9 amide bonds. The number of hydrogen-bond acceptors (Lipinski definition) is 11. The number of primary amides is 2. The maximum absolute atomic E-state index is 14.4. The lowest BCUT2D eigenvalue weighted by Crippen LogP contribution is -2.60. The van der Waals surface area contributed by atoms with Crippen LogP contribution in [0.2, 0.25) is 0 Å². The van der Waals surface area contributed by atoms with Gasteiger partial charge in [0.05, 0.1) is 24.6 Å². The summed E-state index contributed by atoms with van der Waals surface area (Å²) < 4.78 is 11.5. The van der Waals surface area contributed by atoms with Gasteiger partial charge in [0.2, 0.25) is 35.4 Å². The number of likely N-dealkylation sites (N-methyl/N-ethyl adjacent to an activating group) is 2. The highest BCUT2D eigenvalue weighted by Crippen LogP contribution is 2.25. The molecule has 21 heteroatoms. The molecule has 0 unspecified atom stereocenters. The molecule has 0 fully saturated rings. The van der Waals surface area contributed by atoms with Crippen LogP contribution in [0.15, 0.2) is 54.7 Å². The fourth-order valence-corrected chi connectivity index (χ4v) is 8.97. The molecule has 1 aromatic heterocycles. The van der Waals surface area contributed by atoms with Crippen LogP contribution in [0.4, 0.5) is 15.3 Å². The molecule has 0 radical (unpaired) electrons. The first-order chi connectivity index (χ1) is 35.5. The Kier molecular flexibility index (Phi) is 26.0. The summed E-state index contributed by atoms with van der Waals surface area (Å²) in [7, 11) is 4.61. The number of methoxy groups -OCH3 is 1. The maximum Gasteiger partial charge on any atom is 0.410 e. The van der Waals surface area contributed by atoms with Crippen LogP contribution in [-0.4, -0.2) is 133 Å². The number of anilines is 1. The van der Waals surface area contributed by atoms with Gasteiger partial charge < -0.3 is 63.1 Å². The van der Waals surface area contributed by atoms with E-state index in [4.69, 9.17) is 26.7 Å². The first-order valence-corrected chi connectivity index (χ1v) is 26.1. The Morgan fingerprint density at radius 1 is 0.747 bits per heavy atom. The summed E-state index contributed by atoms with van der Waals surface area (Å²) in [5.41, 5.74) is 19.6. The number of urea groups is 1. The number of para-hydroxylation sites is 1. The number of hydrogen-bond donors (Lipinski definition) is 9. The molecule has 8 atom stereocenters. The second kappa shape index (κ2) is 31.2. The van der Waals surface area contributed by atoms with E-state index in [0.717, 1.165) is 35.7 Å². The molecule has 0 bridgehead atoms. The summed E-state index contributed by atoms with van der Waals surface area (Å²) >= 11 is 0. The number of nitrogens with one attached hydrogen (secondary N) is 6. The van der Waals surface area contributed by atoms with Crippen molar-refractivity contribution in [2.75, 3.05) is 39.6 Å². The van der Waals surface area contributed by atoms with E-state index in [9.17, 15) is 38.4 Å². The second-order valence-electron chi connectivity index (χ2n) is 20.2. The van der Waals surface area contributed by atoms with Crippen LogP contribution in [0.5, 0.6) is 0 Å². The van der Waals surface area contributed by atoms with Gasteiger partial charge in [-0.05, 0) is 79.2 Å². The van der Waals surface area contributed by atoms with Gasteiger partial charge in [-0.1, -0.05) is 98.1 Å². The molecule has 3 aromatic rings. The van der Waals surface area contributed by atoms with Crippen molar-refractivity contribution in [1.29, 1.82) is 0 Å². The second-order valence-corrected chi connectivity index (χ2v) is 20.2. The van der Waals surface area contributed by atoms with E-state index >= 15 is 0 Å². The number of nitrogens with two attached hydrogens (primary N) is 3. The average Bonchev–Trinajstić information content (AvgIpc) is 3.78. The Morgan fingerprint density at radius 3 is 2.03 bits per heavy atom. The molecular formula is C54H85N11O10. The van der Waals surface area contributed by atoms with Gasteiger partial charge in [0.1, 0.15) is 24.7 Å². The fourth-order valence-electron chi connectivity index (χ4n) is 8.97. The first-order valence-electron chi connectivity index (χ1n) is 26.1.